The molecular formula is C15H16N4O2S. The highest BCUT2D eigenvalue weighted by atomic mass is 32.1. The number of ether oxygens (including phenoxy) is 2. The number of nitrogens with one attached hydrogen (secondary N) is 3. The molecule has 1 aliphatic heterocycles. The molecular weight excluding hydrogens is 300 g/mol. The highest BCUT2D eigenvalue weighted by Gasteiger charge is 2.12. The average Bonchev–Trinajstić information content (AvgIpc) is 3.20. The van der Waals surface area contributed by atoms with Gasteiger partial charge in [-0.25, -0.2) is 0 Å². The second-order valence-electron chi connectivity index (χ2n) is 4.76. The first-order valence-electron chi connectivity index (χ1n) is 6.83. The van der Waals surface area contributed by atoms with Crippen molar-refractivity contribution in [2.24, 2.45) is 5.10 Å². The zero-order chi connectivity index (χ0) is 15.4. The lowest BCUT2D eigenvalue weighted by atomic mass is 10.2. The van der Waals surface area contributed by atoms with Gasteiger partial charge in [-0.1, -0.05) is 6.07 Å². The highest BCUT2D eigenvalue weighted by molar-refractivity contribution is 7.80. The largest absolute Gasteiger partial charge is 0.454 e. The van der Waals surface area contributed by atoms with Crippen LogP contribution in [0.5, 0.6) is 11.5 Å². The molecule has 0 radical (unpaired) electrons. The van der Waals surface area contributed by atoms with Gasteiger partial charge >= 0.3 is 0 Å². The van der Waals surface area contributed by atoms with E-state index in [0.717, 1.165) is 28.5 Å². The zero-order valence-electron chi connectivity index (χ0n) is 12.1. The lowest BCUT2D eigenvalue weighted by Crippen LogP contribution is -2.32. The van der Waals surface area contributed by atoms with Crippen LogP contribution in [0.1, 0.15) is 18.2 Å². The molecule has 0 saturated heterocycles. The summed E-state index contributed by atoms with van der Waals surface area (Å²) in [5.41, 5.74) is 5.66. The van der Waals surface area contributed by atoms with Crippen LogP contribution in [0.15, 0.2) is 41.6 Å². The van der Waals surface area contributed by atoms with E-state index >= 15 is 0 Å². The first-order chi connectivity index (χ1) is 10.7. The first kappa shape index (κ1) is 14.4. The summed E-state index contributed by atoms with van der Waals surface area (Å²) in [6.07, 6.45) is 1.85. The number of hydrazone groups is 1. The second kappa shape index (κ2) is 6.48. The van der Waals surface area contributed by atoms with E-state index in [1.165, 1.54) is 0 Å². The van der Waals surface area contributed by atoms with Gasteiger partial charge in [0.05, 0.1) is 11.4 Å². The van der Waals surface area contributed by atoms with E-state index < -0.39 is 0 Å². The van der Waals surface area contributed by atoms with Crippen LogP contribution in [0.4, 0.5) is 0 Å². The van der Waals surface area contributed by atoms with Gasteiger partial charge in [-0.2, -0.15) is 5.10 Å². The molecule has 0 unspecified atom stereocenters. The van der Waals surface area contributed by atoms with Crippen LogP contribution in [0.2, 0.25) is 0 Å². The van der Waals surface area contributed by atoms with Crippen molar-refractivity contribution in [1.82, 2.24) is 15.7 Å². The van der Waals surface area contributed by atoms with E-state index in [9.17, 15) is 0 Å². The van der Waals surface area contributed by atoms with Crippen molar-refractivity contribution in [1.29, 1.82) is 0 Å². The Bertz CT molecular complexity index is 698. The number of rotatable bonds is 4. The number of hydrogen-bond donors (Lipinski definition) is 3. The SMILES string of the molecule is C/C(=N\NC(=S)NCc1ccc2c(c1)OCO2)c1ccc[nH]1. The summed E-state index contributed by atoms with van der Waals surface area (Å²) in [4.78, 5) is 3.08. The summed E-state index contributed by atoms with van der Waals surface area (Å²) >= 11 is 5.20. The van der Waals surface area contributed by atoms with Gasteiger partial charge in [0.2, 0.25) is 6.79 Å². The minimum atomic E-state index is 0.277. The topological polar surface area (TPSA) is 70.7 Å². The summed E-state index contributed by atoms with van der Waals surface area (Å²) in [5, 5.41) is 7.78. The third-order valence-electron chi connectivity index (χ3n) is 3.20. The fourth-order valence-electron chi connectivity index (χ4n) is 2.02. The number of nitrogens with zero attached hydrogens (tertiary/aromatic N) is 1. The Morgan fingerprint density at radius 3 is 3.00 bits per heavy atom. The number of fused-ring (bicyclic) bond motifs is 1. The number of H-pyrrole nitrogens is 1. The van der Waals surface area contributed by atoms with E-state index in [-0.39, 0.29) is 6.79 Å². The molecule has 0 fully saturated rings. The molecule has 6 nitrogen and oxygen atoms in total. The summed E-state index contributed by atoms with van der Waals surface area (Å²) in [6.45, 7) is 2.76. The Hall–Kier alpha value is -2.54. The Kier molecular flexibility index (Phi) is 4.24. The lowest BCUT2D eigenvalue weighted by Gasteiger charge is -2.08. The van der Waals surface area contributed by atoms with Gasteiger partial charge in [0.1, 0.15) is 0 Å². The molecule has 0 spiro atoms. The van der Waals surface area contributed by atoms with Gasteiger partial charge in [0, 0.05) is 12.7 Å². The van der Waals surface area contributed by atoms with Crippen LogP contribution < -0.4 is 20.2 Å². The normalized spacial score (nSPS) is 13.0. The zero-order valence-corrected chi connectivity index (χ0v) is 12.9. The van der Waals surface area contributed by atoms with Gasteiger partial charge in [-0.15, -0.1) is 0 Å². The molecule has 0 saturated carbocycles. The molecule has 1 aromatic heterocycles. The summed E-state index contributed by atoms with van der Waals surface area (Å²) in [7, 11) is 0. The van der Waals surface area contributed by atoms with Crippen molar-refractivity contribution in [2.75, 3.05) is 6.79 Å². The minimum Gasteiger partial charge on any atom is -0.454 e. The van der Waals surface area contributed by atoms with E-state index in [4.69, 9.17) is 21.7 Å². The molecule has 0 bridgehead atoms. The van der Waals surface area contributed by atoms with Gasteiger partial charge in [-0.05, 0) is 49.0 Å². The predicted octanol–water partition coefficient (Wildman–Crippen LogP) is 2.13. The molecule has 0 amide bonds. The molecule has 0 atom stereocenters. The minimum absolute atomic E-state index is 0.277. The molecule has 1 aliphatic rings. The summed E-state index contributed by atoms with van der Waals surface area (Å²) < 4.78 is 10.6. The second-order valence-corrected chi connectivity index (χ2v) is 5.17. The quantitative estimate of drug-likeness (QED) is 0.458. The molecule has 0 aliphatic carbocycles. The van der Waals surface area contributed by atoms with Crippen LogP contribution in [0, 0.1) is 0 Å². The molecule has 3 rings (SSSR count). The van der Waals surface area contributed by atoms with Gasteiger partial charge in [-0.3, -0.25) is 5.43 Å². The number of benzene rings is 1. The van der Waals surface area contributed by atoms with E-state index in [2.05, 4.69) is 20.8 Å². The van der Waals surface area contributed by atoms with E-state index in [1.54, 1.807) is 0 Å². The molecule has 2 aromatic rings. The Morgan fingerprint density at radius 1 is 1.32 bits per heavy atom. The monoisotopic (exact) mass is 316 g/mol. The van der Waals surface area contributed by atoms with Crippen LogP contribution >= 0.6 is 12.2 Å². The van der Waals surface area contributed by atoms with Crippen molar-refractivity contribution in [2.45, 2.75) is 13.5 Å². The van der Waals surface area contributed by atoms with Gasteiger partial charge in [0.25, 0.3) is 0 Å². The maximum Gasteiger partial charge on any atom is 0.231 e. The van der Waals surface area contributed by atoms with Crippen LogP contribution in [0.3, 0.4) is 0 Å². The Balaban J connectivity index is 1.51. The predicted molar refractivity (Wildman–Crippen MR) is 88.1 cm³/mol. The van der Waals surface area contributed by atoms with Crippen molar-refractivity contribution >= 4 is 23.0 Å². The van der Waals surface area contributed by atoms with Gasteiger partial charge in [0.15, 0.2) is 16.6 Å². The number of aromatic nitrogens is 1. The van der Waals surface area contributed by atoms with Crippen molar-refractivity contribution in [3.05, 3.63) is 47.8 Å². The van der Waals surface area contributed by atoms with Crippen molar-refractivity contribution in [3.63, 3.8) is 0 Å². The molecule has 1 aromatic carbocycles. The molecule has 7 heteroatoms. The number of thiocarbonyl (C=S) groups is 1. The number of hydrogen-bond acceptors (Lipinski definition) is 4. The van der Waals surface area contributed by atoms with Crippen LogP contribution in [-0.2, 0) is 6.54 Å². The van der Waals surface area contributed by atoms with E-state index in [0.29, 0.717) is 11.7 Å². The first-order valence-corrected chi connectivity index (χ1v) is 7.23. The van der Waals surface area contributed by atoms with Crippen molar-refractivity contribution < 1.29 is 9.47 Å². The van der Waals surface area contributed by atoms with Crippen LogP contribution in [0.25, 0.3) is 0 Å². The number of aromatic amines is 1. The average molecular weight is 316 g/mol. The lowest BCUT2D eigenvalue weighted by molar-refractivity contribution is 0.174. The molecule has 2 heterocycles. The summed E-state index contributed by atoms with van der Waals surface area (Å²) in [6, 6.07) is 9.67. The smallest absolute Gasteiger partial charge is 0.231 e. The highest BCUT2D eigenvalue weighted by Crippen LogP contribution is 2.32. The fourth-order valence-corrected chi connectivity index (χ4v) is 2.14. The fraction of sp³-hybridized carbons (Fsp3) is 0.200. The Morgan fingerprint density at radius 2 is 2.18 bits per heavy atom. The molecule has 22 heavy (non-hydrogen) atoms. The molecule has 114 valence electrons. The van der Waals surface area contributed by atoms with Gasteiger partial charge < -0.3 is 19.8 Å². The van der Waals surface area contributed by atoms with Crippen molar-refractivity contribution in [3.8, 4) is 11.5 Å². The molecule has 3 N–H and O–H groups in total. The maximum atomic E-state index is 5.34. The van der Waals surface area contributed by atoms with E-state index in [1.807, 2.05) is 43.5 Å². The summed E-state index contributed by atoms with van der Waals surface area (Å²) in [5.74, 6) is 1.54. The Labute approximate surface area is 133 Å². The maximum absolute atomic E-state index is 5.34. The third kappa shape index (κ3) is 3.37. The standard InChI is InChI=1S/C15H16N4O2S/c1-10(12-3-2-6-16-12)18-19-15(22)17-8-11-4-5-13-14(7-11)21-9-20-13/h2-7,16H,8-9H2,1H3,(H2,17,19,22)/b18-10+. The van der Waals surface area contributed by atoms with Crippen LogP contribution in [-0.4, -0.2) is 22.6 Å². The third-order valence-corrected chi connectivity index (χ3v) is 3.44.